The van der Waals surface area contributed by atoms with E-state index in [4.69, 9.17) is 5.73 Å². The van der Waals surface area contributed by atoms with Gasteiger partial charge in [-0.15, -0.1) is 11.3 Å². The number of benzene rings is 1. The van der Waals surface area contributed by atoms with Gasteiger partial charge in [-0.1, -0.05) is 25.1 Å². The first kappa shape index (κ1) is 14.2. The topological polar surface area (TPSA) is 38.9 Å². The molecule has 3 heteroatoms. The Bertz CT molecular complexity index is 572. The van der Waals surface area contributed by atoms with E-state index in [9.17, 15) is 0 Å². The van der Waals surface area contributed by atoms with Gasteiger partial charge in [-0.3, -0.25) is 0 Å². The van der Waals surface area contributed by atoms with E-state index >= 15 is 0 Å². The van der Waals surface area contributed by atoms with Crippen molar-refractivity contribution in [2.75, 3.05) is 0 Å². The largest absolute Gasteiger partial charge is 0.324 e. The molecule has 1 aromatic heterocycles. The highest BCUT2D eigenvalue weighted by atomic mass is 32.1. The van der Waals surface area contributed by atoms with E-state index in [1.54, 1.807) is 11.3 Å². The van der Waals surface area contributed by atoms with E-state index in [1.807, 2.05) is 0 Å². The number of hydrogen-bond donors (Lipinski definition) is 1. The minimum atomic E-state index is 0.0366. The molecule has 1 unspecified atom stereocenters. The van der Waals surface area contributed by atoms with Crippen molar-refractivity contribution in [3.8, 4) is 0 Å². The predicted molar refractivity (Wildman–Crippen MR) is 82.8 cm³/mol. The Hall–Kier alpha value is -1.19. The van der Waals surface area contributed by atoms with Crippen LogP contribution in [0.4, 0.5) is 0 Å². The molecule has 2 nitrogen and oxygen atoms in total. The Morgan fingerprint density at radius 1 is 1.21 bits per heavy atom. The van der Waals surface area contributed by atoms with Crippen molar-refractivity contribution in [2.45, 2.75) is 46.6 Å². The Balaban J connectivity index is 2.15. The summed E-state index contributed by atoms with van der Waals surface area (Å²) >= 11 is 1.78. The molecule has 0 amide bonds. The van der Waals surface area contributed by atoms with Crippen molar-refractivity contribution in [3.63, 3.8) is 0 Å². The Morgan fingerprint density at radius 2 is 1.95 bits per heavy atom. The lowest BCUT2D eigenvalue weighted by Crippen LogP contribution is -2.13. The quantitative estimate of drug-likeness (QED) is 0.919. The second-order valence-electron chi connectivity index (χ2n) is 5.12. The molecule has 1 aromatic carbocycles. The maximum atomic E-state index is 6.31. The molecule has 0 aliphatic carbocycles. The molecule has 0 saturated heterocycles. The molecule has 0 bridgehead atoms. The van der Waals surface area contributed by atoms with Crippen molar-refractivity contribution in [3.05, 3.63) is 50.5 Å². The molecule has 1 atom stereocenters. The average molecular weight is 274 g/mol. The minimum Gasteiger partial charge on any atom is -0.324 e. The Morgan fingerprint density at radius 3 is 2.53 bits per heavy atom. The van der Waals surface area contributed by atoms with Crippen LogP contribution in [-0.4, -0.2) is 4.98 Å². The summed E-state index contributed by atoms with van der Waals surface area (Å²) in [6.45, 7) is 8.55. The summed E-state index contributed by atoms with van der Waals surface area (Å²) in [6, 6.07) is 6.51. The fourth-order valence-corrected chi connectivity index (χ4v) is 3.28. The first-order valence-electron chi connectivity index (χ1n) is 6.79. The van der Waals surface area contributed by atoms with Gasteiger partial charge in [0.25, 0.3) is 0 Å². The smallest absolute Gasteiger partial charge is 0.0949 e. The van der Waals surface area contributed by atoms with Crippen LogP contribution in [0.25, 0.3) is 0 Å². The summed E-state index contributed by atoms with van der Waals surface area (Å²) in [5.41, 5.74) is 11.3. The van der Waals surface area contributed by atoms with Crippen molar-refractivity contribution in [1.82, 2.24) is 4.98 Å². The molecular formula is C16H22N2S. The summed E-state index contributed by atoms with van der Waals surface area (Å²) in [5, 5.41) is 1.15. The minimum absolute atomic E-state index is 0.0366. The molecule has 0 spiro atoms. The van der Waals surface area contributed by atoms with Crippen LogP contribution in [0.5, 0.6) is 0 Å². The van der Waals surface area contributed by atoms with Crippen LogP contribution >= 0.6 is 11.3 Å². The Labute approximate surface area is 119 Å². The number of aryl methyl sites for hydroxylation is 4. The maximum Gasteiger partial charge on any atom is 0.0949 e. The highest BCUT2D eigenvalue weighted by Gasteiger charge is 2.12. The van der Waals surface area contributed by atoms with Gasteiger partial charge in [-0.2, -0.15) is 0 Å². The van der Waals surface area contributed by atoms with E-state index in [1.165, 1.54) is 27.3 Å². The fourth-order valence-electron chi connectivity index (χ4n) is 2.20. The van der Waals surface area contributed by atoms with E-state index in [2.05, 4.69) is 50.9 Å². The van der Waals surface area contributed by atoms with Crippen LogP contribution < -0.4 is 5.73 Å². The molecular weight excluding hydrogens is 252 g/mol. The lowest BCUT2D eigenvalue weighted by molar-refractivity contribution is 0.714. The SMILES string of the molecule is CCc1nc(CC(N)c2ccc(C)c(C)c2)sc1C. The number of nitrogens with zero attached hydrogens (tertiary/aromatic N) is 1. The van der Waals surface area contributed by atoms with Crippen LogP contribution in [0.15, 0.2) is 18.2 Å². The summed E-state index contributed by atoms with van der Waals surface area (Å²) < 4.78 is 0. The molecule has 0 fully saturated rings. The molecule has 19 heavy (non-hydrogen) atoms. The first-order chi connectivity index (χ1) is 9.01. The molecule has 0 radical (unpaired) electrons. The van der Waals surface area contributed by atoms with Crippen molar-refractivity contribution in [1.29, 1.82) is 0 Å². The van der Waals surface area contributed by atoms with Crippen LogP contribution in [0.3, 0.4) is 0 Å². The normalized spacial score (nSPS) is 12.7. The van der Waals surface area contributed by atoms with Crippen LogP contribution in [0.2, 0.25) is 0 Å². The molecule has 2 N–H and O–H groups in total. The third-order valence-electron chi connectivity index (χ3n) is 3.63. The highest BCUT2D eigenvalue weighted by molar-refractivity contribution is 7.11. The number of nitrogens with two attached hydrogens (primary N) is 1. The summed E-state index contributed by atoms with van der Waals surface area (Å²) in [4.78, 5) is 6.00. The van der Waals surface area contributed by atoms with Gasteiger partial charge >= 0.3 is 0 Å². The summed E-state index contributed by atoms with van der Waals surface area (Å²) in [5.74, 6) is 0. The lowest BCUT2D eigenvalue weighted by atomic mass is 10.00. The zero-order chi connectivity index (χ0) is 14.0. The van der Waals surface area contributed by atoms with Gasteiger partial charge in [-0.25, -0.2) is 4.98 Å². The molecule has 1 heterocycles. The van der Waals surface area contributed by atoms with Gasteiger partial charge < -0.3 is 5.73 Å². The second-order valence-corrected chi connectivity index (χ2v) is 6.41. The standard InChI is InChI=1S/C16H22N2S/c1-5-15-12(4)19-16(18-15)9-14(17)13-7-6-10(2)11(3)8-13/h6-8,14H,5,9,17H2,1-4H3. The molecule has 102 valence electrons. The van der Waals surface area contributed by atoms with Crippen LogP contribution in [0, 0.1) is 20.8 Å². The van der Waals surface area contributed by atoms with Gasteiger partial charge in [0, 0.05) is 17.3 Å². The zero-order valence-electron chi connectivity index (χ0n) is 12.2. The first-order valence-corrected chi connectivity index (χ1v) is 7.60. The molecule has 0 saturated carbocycles. The monoisotopic (exact) mass is 274 g/mol. The predicted octanol–water partition coefficient (Wildman–Crippen LogP) is 3.87. The maximum absolute atomic E-state index is 6.31. The van der Waals surface area contributed by atoms with Gasteiger partial charge in [0.05, 0.1) is 10.7 Å². The van der Waals surface area contributed by atoms with E-state index in [0.717, 1.165) is 17.8 Å². The lowest BCUT2D eigenvalue weighted by Gasteiger charge is -2.12. The molecule has 2 aromatic rings. The van der Waals surface area contributed by atoms with Gasteiger partial charge in [0.15, 0.2) is 0 Å². The van der Waals surface area contributed by atoms with Gasteiger partial charge in [-0.05, 0) is 43.9 Å². The Kier molecular flexibility index (Phi) is 4.38. The van der Waals surface area contributed by atoms with Crippen molar-refractivity contribution in [2.24, 2.45) is 5.73 Å². The zero-order valence-corrected chi connectivity index (χ0v) is 13.0. The molecule has 0 aliphatic heterocycles. The van der Waals surface area contributed by atoms with Crippen molar-refractivity contribution < 1.29 is 0 Å². The number of thiazole rings is 1. The number of aromatic nitrogens is 1. The molecule has 2 rings (SSSR count). The van der Waals surface area contributed by atoms with Gasteiger partial charge in [0.2, 0.25) is 0 Å². The second kappa shape index (κ2) is 5.85. The fraction of sp³-hybridized carbons (Fsp3) is 0.438. The van der Waals surface area contributed by atoms with Gasteiger partial charge in [0.1, 0.15) is 0 Å². The summed E-state index contributed by atoms with van der Waals surface area (Å²) in [6.07, 6.45) is 1.83. The van der Waals surface area contributed by atoms with Crippen LogP contribution in [-0.2, 0) is 12.8 Å². The third kappa shape index (κ3) is 3.23. The average Bonchev–Trinajstić information content (AvgIpc) is 2.72. The van der Waals surface area contributed by atoms with Crippen LogP contribution in [0.1, 0.15) is 45.2 Å². The third-order valence-corrected chi connectivity index (χ3v) is 4.66. The number of rotatable bonds is 4. The number of hydrogen-bond acceptors (Lipinski definition) is 3. The molecule has 0 aliphatic rings. The van der Waals surface area contributed by atoms with E-state index in [-0.39, 0.29) is 6.04 Å². The highest BCUT2D eigenvalue weighted by Crippen LogP contribution is 2.24. The van der Waals surface area contributed by atoms with Crippen molar-refractivity contribution >= 4 is 11.3 Å². The van der Waals surface area contributed by atoms with E-state index in [0.29, 0.717) is 0 Å². The summed E-state index contributed by atoms with van der Waals surface area (Å²) in [7, 11) is 0. The van der Waals surface area contributed by atoms with E-state index < -0.39 is 0 Å².